The lowest BCUT2D eigenvalue weighted by molar-refractivity contribution is 0.204. The summed E-state index contributed by atoms with van der Waals surface area (Å²) < 4.78 is 36.7. The van der Waals surface area contributed by atoms with E-state index in [1.165, 1.54) is 35.7 Å². The van der Waals surface area contributed by atoms with Crippen LogP contribution in [-0.2, 0) is 16.6 Å². The molecule has 0 aromatic heterocycles. The lowest BCUT2D eigenvalue weighted by atomic mass is 10.1. The number of sulfonamides is 1. The number of hydrogen-bond acceptors (Lipinski definition) is 4. The van der Waals surface area contributed by atoms with Gasteiger partial charge in [-0.25, -0.2) is 8.42 Å². The van der Waals surface area contributed by atoms with E-state index in [9.17, 15) is 8.42 Å². The summed E-state index contributed by atoms with van der Waals surface area (Å²) >= 11 is 13.1. The van der Waals surface area contributed by atoms with Crippen molar-refractivity contribution in [1.29, 1.82) is 0 Å². The third-order valence-electron chi connectivity index (χ3n) is 6.19. The summed E-state index contributed by atoms with van der Waals surface area (Å²) in [6.07, 6.45) is 4.79. The molecule has 0 unspecified atom stereocenters. The van der Waals surface area contributed by atoms with Crippen LogP contribution in [0.3, 0.4) is 0 Å². The van der Waals surface area contributed by atoms with E-state index < -0.39 is 10.0 Å². The van der Waals surface area contributed by atoms with E-state index >= 15 is 0 Å². The maximum atomic E-state index is 13.9. The predicted octanol–water partition coefficient (Wildman–Crippen LogP) is 7.94. The lowest BCUT2D eigenvalue weighted by Crippen LogP contribution is -2.31. The minimum absolute atomic E-state index is 0. The number of para-hydroxylation sites is 1. The van der Waals surface area contributed by atoms with Crippen LogP contribution in [-0.4, -0.2) is 39.6 Å². The molecule has 0 spiro atoms. The van der Waals surface area contributed by atoms with Crippen LogP contribution in [0.25, 0.3) is 0 Å². The van der Waals surface area contributed by atoms with Crippen molar-refractivity contribution in [3.63, 3.8) is 0 Å². The first-order chi connectivity index (χ1) is 17.3. The monoisotopic (exact) mass is 690 g/mol. The van der Waals surface area contributed by atoms with Crippen LogP contribution in [0.15, 0.2) is 80.6 Å². The number of anilines is 1. The first-order valence-corrected chi connectivity index (χ1v) is 15.4. The Morgan fingerprint density at radius 3 is 2.38 bits per heavy atom. The summed E-state index contributed by atoms with van der Waals surface area (Å²) in [4.78, 5) is 2.66. The van der Waals surface area contributed by atoms with E-state index in [2.05, 4.69) is 36.8 Å². The highest BCUT2D eigenvalue weighted by Gasteiger charge is 2.28. The fourth-order valence-corrected chi connectivity index (χ4v) is 6.80. The Morgan fingerprint density at radius 2 is 1.65 bits per heavy atom. The number of nitrogens with zero attached hydrogens (tertiary/aromatic N) is 2. The van der Waals surface area contributed by atoms with E-state index in [4.69, 9.17) is 16.3 Å². The largest absolute Gasteiger partial charge is 0.493 e. The minimum atomic E-state index is -3.90. The molecular formula is C27H30Br2Cl2N2O3S. The maximum absolute atomic E-state index is 13.9. The quantitative estimate of drug-likeness (QED) is 0.203. The SMILES string of the molecule is Cl.O=S(=O)(c1ccc(Cl)cc1)N(Cc1ccccc1OCCCN1CCCCC1)c1cc(Br)ccc1Br. The van der Waals surface area contributed by atoms with Crippen LogP contribution in [0.2, 0.25) is 5.02 Å². The van der Waals surface area contributed by atoms with Gasteiger partial charge in [0.15, 0.2) is 0 Å². The molecular weight excluding hydrogens is 663 g/mol. The van der Waals surface area contributed by atoms with Crippen LogP contribution >= 0.6 is 55.9 Å². The second-order valence-electron chi connectivity index (χ2n) is 8.77. The first-order valence-electron chi connectivity index (χ1n) is 12.0. The molecule has 0 saturated carbocycles. The molecule has 1 fully saturated rings. The molecule has 1 aliphatic heterocycles. The molecule has 1 saturated heterocycles. The molecule has 0 radical (unpaired) electrons. The van der Waals surface area contributed by atoms with Gasteiger partial charge in [-0.1, -0.05) is 52.2 Å². The van der Waals surface area contributed by atoms with Gasteiger partial charge in [-0.2, -0.15) is 0 Å². The number of ether oxygens (including phenoxy) is 1. The summed E-state index contributed by atoms with van der Waals surface area (Å²) in [5.41, 5.74) is 1.32. The average Bonchev–Trinajstić information content (AvgIpc) is 2.88. The van der Waals surface area contributed by atoms with E-state index in [1.807, 2.05) is 36.4 Å². The standard InChI is InChI=1S/C27H29Br2ClN2O3S.ClH/c28-22-9-14-25(29)26(19-22)32(36(33,34)24-12-10-23(30)11-13-24)20-21-7-2-3-8-27(21)35-18-6-17-31-15-4-1-5-16-31;/h2-3,7-14,19H,1,4-6,15-18,20H2;1H. The number of rotatable bonds is 10. The Labute approximate surface area is 247 Å². The second kappa shape index (κ2) is 14.2. The van der Waals surface area contributed by atoms with Gasteiger partial charge in [-0.3, -0.25) is 4.31 Å². The Balaban J connectivity index is 0.00000380. The zero-order chi connectivity index (χ0) is 25.5. The third kappa shape index (κ3) is 8.10. The van der Waals surface area contributed by atoms with Crippen molar-refractivity contribution in [3.05, 3.63) is 86.3 Å². The predicted molar refractivity (Wildman–Crippen MR) is 161 cm³/mol. The fraction of sp³-hybridized carbons (Fsp3) is 0.333. The van der Waals surface area contributed by atoms with Crippen molar-refractivity contribution in [1.82, 2.24) is 4.90 Å². The molecule has 0 bridgehead atoms. The molecule has 0 atom stereocenters. The van der Waals surface area contributed by atoms with Gasteiger partial charge >= 0.3 is 0 Å². The zero-order valence-corrected chi connectivity index (χ0v) is 25.8. The number of halogens is 4. The molecule has 10 heteroatoms. The Kier molecular flexibility index (Phi) is 11.6. The smallest absolute Gasteiger partial charge is 0.264 e. The fourth-order valence-electron chi connectivity index (χ4n) is 4.29. The normalized spacial score (nSPS) is 14.1. The summed E-state index contributed by atoms with van der Waals surface area (Å²) in [6, 6.07) is 19.3. The highest BCUT2D eigenvalue weighted by Crippen LogP contribution is 2.36. The first kappa shape index (κ1) is 30.3. The Morgan fingerprint density at radius 1 is 0.946 bits per heavy atom. The summed E-state index contributed by atoms with van der Waals surface area (Å²) in [5, 5.41) is 0.479. The van der Waals surface area contributed by atoms with Crippen LogP contribution in [0.4, 0.5) is 5.69 Å². The van der Waals surface area contributed by atoms with Crippen LogP contribution in [0.5, 0.6) is 5.75 Å². The van der Waals surface area contributed by atoms with Crippen molar-refractivity contribution < 1.29 is 13.2 Å². The molecule has 5 nitrogen and oxygen atoms in total. The van der Waals surface area contributed by atoms with Crippen LogP contribution in [0.1, 0.15) is 31.2 Å². The maximum Gasteiger partial charge on any atom is 0.264 e. The summed E-state index contributed by atoms with van der Waals surface area (Å²) in [5.74, 6) is 0.693. The van der Waals surface area contributed by atoms with Crippen molar-refractivity contribution in [2.24, 2.45) is 0 Å². The average molecular weight is 693 g/mol. The van der Waals surface area contributed by atoms with E-state index in [0.717, 1.165) is 36.1 Å². The van der Waals surface area contributed by atoms with Crippen molar-refractivity contribution in [2.45, 2.75) is 37.1 Å². The van der Waals surface area contributed by atoms with E-state index in [1.54, 1.807) is 18.2 Å². The molecule has 0 N–H and O–H groups in total. The van der Waals surface area contributed by atoms with E-state index in [-0.39, 0.29) is 23.8 Å². The molecule has 37 heavy (non-hydrogen) atoms. The Bertz CT molecular complexity index is 1270. The number of piperidine rings is 1. The highest BCUT2D eigenvalue weighted by molar-refractivity contribution is 9.11. The lowest BCUT2D eigenvalue weighted by Gasteiger charge is -2.27. The van der Waals surface area contributed by atoms with Gasteiger partial charge in [0.1, 0.15) is 5.75 Å². The minimum Gasteiger partial charge on any atom is -0.493 e. The van der Waals surface area contributed by atoms with E-state index in [0.29, 0.717) is 27.5 Å². The van der Waals surface area contributed by atoms with Crippen LogP contribution in [0, 0.1) is 0 Å². The van der Waals surface area contributed by atoms with Crippen molar-refractivity contribution in [2.75, 3.05) is 30.5 Å². The molecule has 3 aromatic carbocycles. The number of benzene rings is 3. The molecule has 200 valence electrons. The molecule has 4 rings (SSSR count). The summed E-state index contributed by atoms with van der Waals surface area (Å²) in [6.45, 7) is 4.04. The highest BCUT2D eigenvalue weighted by atomic mass is 79.9. The van der Waals surface area contributed by atoms with Crippen molar-refractivity contribution >= 4 is 71.6 Å². The topological polar surface area (TPSA) is 49.9 Å². The molecule has 1 heterocycles. The van der Waals surface area contributed by atoms with Gasteiger partial charge in [0, 0.05) is 26.1 Å². The number of likely N-dealkylation sites (tertiary alicyclic amines) is 1. The van der Waals surface area contributed by atoms with Gasteiger partial charge in [0.05, 0.1) is 23.7 Å². The Hall–Kier alpha value is -1.29. The number of hydrogen-bond donors (Lipinski definition) is 0. The molecule has 1 aliphatic rings. The second-order valence-corrected chi connectivity index (χ2v) is 12.8. The summed E-state index contributed by atoms with van der Waals surface area (Å²) in [7, 11) is -3.90. The van der Waals surface area contributed by atoms with Gasteiger partial charge in [-0.05, 0) is 96.8 Å². The zero-order valence-electron chi connectivity index (χ0n) is 20.3. The van der Waals surface area contributed by atoms with Gasteiger partial charge in [0.25, 0.3) is 10.0 Å². The third-order valence-corrected chi connectivity index (χ3v) is 9.38. The molecule has 3 aromatic rings. The van der Waals surface area contributed by atoms with Gasteiger partial charge in [-0.15, -0.1) is 12.4 Å². The van der Waals surface area contributed by atoms with Crippen LogP contribution < -0.4 is 9.04 Å². The van der Waals surface area contributed by atoms with Crippen molar-refractivity contribution in [3.8, 4) is 5.75 Å². The molecule has 0 aliphatic carbocycles. The molecule has 0 amide bonds. The van der Waals surface area contributed by atoms with Gasteiger partial charge in [0.2, 0.25) is 0 Å². The van der Waals surface area contributed by atoms with Gasteiger partial charge < -0.3 is 9.64 Å².